The van der Waals surface area contributed by atoms with E-state index in [-0.39, 0.29) is 12.1 Å². The van der Waals surface area contributed by atoms with Crippen molar-refractivity contribution in [2.45, 2.75) is 38.8 Å². The number of hydrogen-bond donors (Lipinski definition) is 1. The van der Waals surface area contributed by atoms with E-state index in [0.29, 0.717) is 10.9 Å². The highest BCUT2D eigenvalue weighted by atomic mass is 35.5. The molecular formula is C18H21ClN2O2. The van der Waals surface area contributed by atoms with Crippen LogP contribution in [0.25, 0.3) is 11.3 Å². The molecule has 1 unspecified atom stereocenters. The SMILES string of the molecule is CCC(CC)N1OC(N)=CC1c1ccc(-c2cccc(Cl)c2)o1. The molecule has 1 aliphatic rings. The summed E-state index contributed by atoms with van der Waals surface area (Å²) in [5.74, 6) is 2.01. The molecule has 1 aromatic carbocycles. The maximum absolute atomic E-state index is 6.05. The van der Waals surface area contributed by atoms with Crippen LogP contribution in [-0.2, 0) is 4.84 Å². The highest BCUT2D eigenvalue weighted by Crippen LogP contribution is 2.36. The first-order valence-electron chi connectivity index (χ1n) is 7.91. The average molecular weight is 333 g/mol. The largest absolute Gasteiger partial charge is 0.459 e. The fourth-order valence-electron chi connectivity index (χ4n) is 2.90. The second-order valence-electron chi connectivity index (χ2n) is 5.65. The molecule has 0 aliphatic carbocycles. The van der Waals surface area contributed by atoms with E-state index in [1.54, 1.807) is 0 Å². The lowest BCUT2D eigenvalue weighted by molar-refractivity contribution is -0.156. The van der Waals surface area contributed by atoms with Crippen molar-refractivity contribution in [3.63, 3.8) is 0 Å². The van der Waals surface area contributed by atoms with Crippen LogP contribution in [0.2, 0.25) is 5.02 Å². The van der Waals surface area contributed by atoms with Crippen LogP contribution in [0.5, 0.6) is 0 Å². The molecule has 0 bridgehead atoms. The zero-order chi connectivity index (χ0) is 16.4. The summed E-state index contributed by atoms with van der Waals surface area (Å²) in [7, 11) is 0. The summed E-state index contributed by atoms with van der Waals surface area (Å²) in [5, 5.41) is 2.61. The summed E-state index contributed by atoms with van der Waals surface area (Å²) in [6.07, 6.45) is 3.85. The van der Waals surface area contributed by atoms with Crippen LogP contribution in [0.3, 0.4) is 0 Å². The van der Waals surface area contributed by atoms with E-state index in [4.69, 9.17) is 26.6 Å². The molecule has 1 atom stereocenters. The number of halogens is 1. The summed E-state index contributed by atoms with van der Waals surface area (Å²) in [4.78, 5) is 5.70. The maximum Gasteiger partial charge on any atom is 0.207 e. The van der Waals surface area contributed by atoms with Crippen LogP contribution in [0, 0.1) is 0 Å². The topological polar surface area (TPSA) is 51.6 Å². The number of furan rings is 1. The smallest absolute Gasteiger partial charge is 0.207 e. The molecule has 2 aromatic rings. The molecule has 0 saturated heterocycles. The minimum Gasteiger partial charge on any atom is -0.459 e. The first-order chi connectivity index (χ1) is 11.1. The van der Waals surface area contributed by atoms with E-state index >= 15 is 0 Å². The zero-order valence-electron chi connectivity index (χ0n) is 13.3. The maximum atomic E-state index is 6.05. The normalized spacial score (nSPS) is 18.3. The second kappa shape index (κ2) is 6.69. The van der Waals surface area contributed by atoms with E-state index in [0.717, 1.165) is 29.9 Å². The van der Waals surface area contributed by atoms with Gasteiger partial charge in [-0.2, -0.15) is 0 Å². The molecule has 23 heavy (non-hydrogen) atoms. The molecule has 0 spiro atoms. The Balaban J connectivity index is 1.89. The number of nitrogens with zero attached hydrogens (tertiary/aromatic N) is 1. The molecular weight excluding hydrogens is 312 g/mol. The van der Waals surface area contributed by atoms with Crippen LogP contribution in [0.1, 0.15) is 38.5 Å². The minimum atomic E-state index is -0.104. The van der Waals surface area contributed by atoms with Gasteiger partial charge in [0.15, 0.2) is 0 Å². The highest BCUT2D eigenvalue weighted by Gasteiger charge is 2.34. The Kier molecular flexibility index (Phi) is 4.64. The lowest BCUT2D eigenvalue weighted by atomic mass is 10.1. The van der Waals surface area contributed by atoms with Crippen LogP contribution in [-0.4, -0.2) is 11.1 Å². The first-order valence-corrected chi connectivity index (χ1v) is 8.29. The Hall–Kier alpha value is -1.91. The number of nitrogens with two attached hydrogens (primary N) is 1. The van der Waals surface area contributed by atoms with E-state index < -0.39 is 0 Å². The van der Waals surface area contributed by atoms with E-state index in [9.17, 15) is 0 Å². The number of rotatable bonds is 5. The van der Waals surface area contributed by atoms with E-state index in [1.165, 1.54) is 0 Å². The minimum absolute atomic E-state index is 0.104. The number of benzene rings is 1. The van der Waals surface area contributed by atoms with Gasteiger partial charge in [0.05, 0.1) is 0 Å². The molecule has 0 amide bonds. The van der Waals surface area contributed by atoms with Crippen molar-refractivity contribution >= 4 is 11.6 Å². The molecule has 3 rings (SSSR count). The highest BCUT2D eigenvalue weighted by molar-refractivity contribution is 6.30. The Morgan fingerprint density at radius 3 is 2.70 bits per heavy atom. The predicted molar refractivity (Wildman–Crippen MR) is 91.5 cm³/mol. The van der Waals surface area contributed by atoms with Gasteiger partial charge in [0, 0.05) is 22.7 Å². The lowest BCUT2D eigenvalue weighted by Crippen LogP contribution is -2.33. The summed E-state index contributed by atoms with van der Waals surface area (Å²) < 4.78 is 6.05. The standard InChI is InChI=1S/C18H21ClN2O2/c1-3-14(4-2)21-15(11-18(20)23-21)17-9-8-16(22-17)12-6-5-7-13(19)10-12/h5-11,14-15H,3-4,20H2,1-2H3. The second-order valence-corrected chi connectivity index (χ2v) is 6.08. The van der Waals surface area contributed by atoms with E-state index in [2.05, 4.69) is 13.8 Å². The van der Waals surface area contributed by atoms with Crippen molar-refractivity contribution in [1.29, 1.82) is 0 Å². The Labute approximate surface area is 141 Å². The third-order valence-electron chi connectivity index (χ3n) is 4.14. The van der Waals surface area contributed by atoms with Gasteiger partial charge in [-0.3, -0.25) is 0 Å². The lowest BCUT2D eigenvalue weighted by Gasteiger charge is -2.28. The molecule has 4 nitrogen and oxygen atoms in total. The van der Waals surface area contributed by atoms with Gasteiger partial charge in [-0.15, -0.1) is 5.06 Å². The van der Waals surface area contributed by atoms with Gasteiger partial charge in [-0.1, -0.05) is 37.6 Å². The fraction of sp³-hybridized carbons (Fsp3) is 0.333. The summed E-state index contributed by atoms with van der Waals surface area (Å²) in [6.45, 7) is 4.28. The summed E-state index contributed by atoms with van der Waals surface area (Å²) in [6, 6.07) is 11.7. The van der Waals surface area contributed by atoms with E-state index in [1.807, 2.05) is 47.5 Å². The molecule has 5 heteroatoms. The molecule has 0 fully saturated rings. The third kappa shape index (κ3) is 3.23. The van der Waals surface area contributed by atoms with Gasteiger partial charge in [0.2, 0.25) is 5.88 Å². The number of hydrogen-bond acceptors (Lipinski definition) is 4. The van der Waals surface area contributed by atoms with Crippen molar-refractivity contribution in [2.75, 3.05) is 0 Å². The van der Waals surface area contributed by atoms with Gasteiger partial charge in [-0.25, -0.2) is 0 Å². The summed E-state index contributed by atoms with van der Waals surface area (Å²) in [5.41, 5.74) is 6.83. The third-order valence-corrected chi connectivity index (χ3v) is 4.37. The van der Waals surface area contributed by atoms with Crippen molar-refractivity contribution in [3.05, 3.63) is 59.1 Å². The summed E-state index contributed by atoms with van der Waals surface area (Å²) >= 11 is 6.05. The average Bonchev–Trinajstić information content (AvgIpc) is 3.15. The molecule has 0 radical (unpaired) electrons. The molecule has 2 heterocycles. The number of hydroxylamine groups is 2. The van der Waals surface area contributed by atoms with Crippen molar-refractivity contribution < 1.29 is 9.25 Å². The van der Waals surface area contributed by atoms with Crippen LogP contribution in [0.4, 0.5) is 0 Å². The Morgan fingerprint density at radius 2 is 2.00 bits per heavy atom. The van der Waals surface area contributed by atoms with Crippen LogP contribution < -0.4 is 5.73 Å². The fourth-order valence-corrected chi connectivity index (χ4v) is 3.09. The van der Waals surface area contributed by atoms with Crippen molar-refractivity contribution in [3.8, 4) is 11.3 Å². The molecule has 1 aromatic heterocycles. The van der Waals surface area contributed by atoms with Crippen LogP contribution in [0.15, 0.2) is 52.8 Å². The van der Waals surface area contributed by atoms with Gasteiger partial charge in [0.25, 0.3) is 0 Å². The molecule has 0 saturated carbocycles. The van der Waals surface area contributed by atoms with Crippen molar-refractivity contribution in [1.82, 2.24) is 5.06 Å². The zero-order valence-corrected chi connectivity index (χ0v) is 14.1. The van der Waals surface area contributed by atoms with Gasteiger partial charge >= 0.3 is 0 Å². The quantitative estimate of drug-likeness (QED) is 0.848. The van der Waals surface area contributed by atoms with Gasteiger partial charge in [-0.05, 0) is 37.1 Å². The van der Waals surface area contributed by atoms with Gasteiger partial charge in [0.1, 0.15) is 17.6 Å². The van der Waals surface area contributed by atoms with Gasteiger partial charge < -0.3 is 15.0 Å². The molecule has 1 aliphatic heterocycles. The van der Waals surface area contributed by atoms with Crippen LogP contribution >= 0.6 is 11.6 Å². The van der Waals surface area contributed by atoms with Crippen molar-refractivity contribution in [2.24, 2.45) is 5.73 Å². The first kappa shape index (κ1) is 16.0. The molecule has 122 valence electrons. The Bertz CT molecular complexity index is 707. The predicted octanol–water partition coefficient (Wildman–Crippen LogP) is 4.88. The monoisotopic (exact) mass is 332 g/mol. The molecule has 2 N–H and O–H groups in total. The Morgan fingerprint density at radius 1 is 1.22 bits per heavy atom.